The third kappa shape index (κ3) is 11.4. The maximum Gasteiger partial charge on any atom is 0.333 e. The van der Waals surface area contributed by atoms with E-state index < -0.39 is 9.84 Å². The van der Waals surface area contributed by atoms with E-state index in [0.29, 0.717) is 5.11 Å². The van der Waals surface area contributed by atoms with Crippen molar-refractivity contribution < 1.29 is 8.42 Å². The summed E-state index contributed by atoms with van der Waals surface area (Å²) in [4.78, 5) is 0. The molecule has 0 aromatic rings. The van der Waals surface area contributed by atoms with Crippen molar-refractivity contribution >= 4 is 27.2 Å². The zero-order valence-corrected chi connectivity index (χ0v) is 7.74. The molecule has 66 valence electrons. The quantitative estimate of drug-likeness (QED) is 0.290. The molecule has 0 atom stereocenters. The highest BCUT2D eigenvalue weighted by molar-refractivity contribution is 8.00. The zero-order chi connectivity index (χ0) is 10.2. The zero-order valence-electron chi connectivity index (χ0n) is 6.10. The van der Waals surface area contributed by atoms with E-state index in [1.54, 1.807) is 7.05 Å². The third-order valence-corrected chi connectivity index (χ3v) is 1.17. The van der Waals surface area contributed by atoms with Gasteiger partial charge in [0.05, 0.1) is 0 Å². The summed E-state index contributed by atoms with van der Waals surface area (Å²) in [6.07, 6.45) is 0. The van der Waals surface area contributed by atoms with E-state index in [0.717, 1.165) is 10.8 Å². The number of nitriles is 2. The second-order valence-corrected chi connectivity index (χ2v) is 3.11. The summed E-state index contributed by atoms with van der Waals surface area (Å²) in [5.74, 6) is 0. The van der Waals surface area contributed by atoms with Crippen LogP contribution in [0.5, 0.6) is 0 Å². The van der Waals surface area contributed by atoms with Crippen LogP contribution < -0.4 is 11.1 Å². The molecule has 0 saturated carbocycles. The van der Waals surface area contributed by atoms with E-state index in [1.807, 2.05) is 0 Å². The summed E-state index contributed by atoms with van der Waals surface area (Å²) in [5, 5.41) is 19.5. The van der Waals surface area contributed by atoms with Crippen LogP contribution in [0.1, 0.15) is 0 Å². The molecule has 12 heavy (non-hydrogen) atoms. The molecule has 0 aliphatic heterocycles. The summed E-state index contributed by atoms with van der Waals surface area (Å²) in [6.45, 7) is 0. The molecule has 0 amide bonds. The van der Waals surface area contributed by atoms with Crippen molar-refractivity contribution in [2.24, 2.45) is 5.73 Å². The van der Waals surface area contributed by atoms with Gasteiger partial charge in [-0.05, 0) is 12.2 Å². The Kier molecular flexibility index (Phi) is 6.99. The molecular formula is C4H6N4O2S2. The van der Waals surface area contributed by atoms with Gasteiger partial charge in [-0.2, -0.15) is 18.9 Å². The molecule has 0 heterocycles. The first kappa shape index (κ1) is 13.2. The molecule has 6 nitrogen and oxygen atoms in total. The van der Waals surface area contributed by atoms with E-state index >= 15 is 0 Å². The van der Waals surface area contributed by atoms with Crippen LogP contribution in [0.4, 0.5) is 0 Å². The minimum Gasteiger partial charge on any atom is -0.376 e. The fourth-order valence-electron chi connectivity index (χ4n) is 0.0204. The highest BCUT2D eigenvalue weighted by Crippen LogP contribution is 1.76. The number of hydrogen-bond acceptors (Lipinski definition) is 5. The van der Waals surface area contributed by atoms with Crippen LogP contribution in [0.2, 0.25) is 0 Å². The van der Waals surface area contributed by atoms with E-state index in [1.165, 1.54) is 0 Å². The number of nitrogens with two attached hydrogens (primary N) is 1. The molecule has 8 heteroatoms. The van der Waals surface area contributed by atoms with Crippen LogP contribution in [0.3, 0.4) is 0 Å². The monoisotopic (exact) mass is 206 g/mol. The van der Waals surface area contributed by atoms with Crippen LogP contribution in [0.25, 0.3) is 0 Å². The van der Waals surface area contributed by atoms with Crippen LogP contribution in [0.15, 0.2) is 0 Å². The van der Waals surface area contributed by atoms with Gasteiger partial charge in [0.15, 0.2) is 5.11 Å². The minimum absolute atomic E-state index is 0.338. The average molecular weight is 206 g/mol. The average Bonchev–Trinajstić information content (AvgIpc) is 2.05. The molecule has 0 aromatic heterocycles. The number of hydrogen-bond donors (Lipinski definition) is 2. The Balaban J connectivity index is 0. The highest BCUT2D eigenvalue weighted by atomic mass is 32.2. The first-order valence-corrected chi connectivity index (χ1v) is 4.32. The van der Waals surface area contributed by atoms with Gasteiger partial charge in [0.1, 0.15) is 0 Å². The SMILES string of the molecule is CNC(N)=S.N#CS(=O)(=O)C#N. The largest absolute Gasteiger partial charge is 0.376 e. The first-order chi connectivity index (χ1) is 5.39. The van der Waals surface area contributed by atoms with Crippen molar-refractivity contribution in [2.75, 3.05) is 7.05 Å². The van der Waals surface area contributed by atoms with Crippen LogP contribution in [-0.4, -0.2) is 20.6 Å². The summed E-state index contributed by atoms with van der Waals surface area (Å²) in [6, 6.07) is 0. The van der Waals surface area contributed by atoms with E-state index in [4.69, 9.17) is 16.3 Å². The van der Waals surface area contributed by atoms with Gasteiger partial charge in [-0.1, -0.05) is 0 Å². The number of thiocyanates is 2. The Hall–Kier alpha value is -1.38. The molecule has 3 N–H and O–H groups in total. The normalized spacial score (nSPS) is 7.92. The molecule has 0 spiro atoms. The molecule has 0 aromatic carbocycles. The maximum absolute atomic E-state index is 9.65. The van der Waals surface area contributed by atoms with Crippen molar-refractivity contribution in [1.29, 1.82) is 10.5 Å². The molecule has 0 unspecified atom stereocenters. The number of sulfone groups is 1. The fourth-order valence-corrected chi connectivity index (χ4v) is 0.0612. The Morgan fingerprint density at radius 3 is 1.75 bits per heavy atom. The predicted octanol–water partition coefficient (Wildman–Crippen LogP) is -1.19. The standard InChI is InChI=1S/C2N2O2S.C2H6N2S/c3-1-7(5,6)2-4;1-4-2(3)5/h;1H3,(H3,3,4,5). The number of nitrogens with zero attached hydrogens (tertiary/aromatic N) is 2. The summed E-state index contributed by atoms with van der Waals surface area (Å²) < 4.78 is 19.3. The Morgan fingerprint density at radius 2 is 1.75 bits per heavy atom. The maximum atomic E-state index is 9.65. The number of nitrogens with one attached hydrogen (secondary N) is 1. The van der Waals surface area contributed by atoms with Gasteiger partial charge in [-0.15, -0.1) is 0 Å². The molecule has 0 saturated heterocycles. The summed E-state index contributed by atoms with van der Waals surface area (Å²) in [7, 11) is -2.36. The van der Waals surface area contributed by atoms with Gasteiger partial charge in [0.2, 0.25) is 10.8 Å². The molecule has 0 rings (SSSR count). The lowest BCUT2D eigenvalue weighted by Crippen LogP contribution is -2.24. The third-order valence-electron chi connectivity index (χ3n) is 0.487. The molecule has 0 fully saturated rings. The van der Waals surface area contributed by atoms with Gasteiger partial charge in [0, 0.05) is 7.05 Å². The minimum atomic E-state index is -4.05. The number of rotatable bonds is 0. The smallest absolute Gasteiger partial charge is 0.333 e. The van der Waals surface area contributed by atoms with Crippen molar-refractivity contribution in [2.45, 2.75) is 0 Å². The topological polar surface area (TPSA) is 120 Å². The molecule has 0 radical (unpaired) electrons. The van der Waals surface area contributed by atoms with Crippen molar-refractivity contribution in [3.8, 4) is 10.8 Å². The fraction of sp³-hybridized carbons (Fsp3) is 0.250. The van der Waals surface area contributed by atoms with Gasteiger partial charge >= 0.3 is 9.84 Å². The second kappa shape index (κ2) is 6.34. The summed E-state index contributed by atoms with van der Waals surface area (Å²) >= 11 is 4.36. The van der Waals surface area contributed by atoms with Crippen LogP contribution >= 0.6 is 12.2 Å². The molecule has 0 aliphatic carbocycles. The first-order valence-electron chi connectivity index (χ1n) is 2.43. The predicted molar refractivity (Wildman–Crippen MR) is 46.0 cm³/mol. The van der Waals surface area contributed by atoms with Crippen molar-refractivity contribution in [3.63, 3.8) is 0 Å². The second-order valence-electron chi connectivity index (χ2n) is 1.30. The van der Waals surface area contributed by atoms with Gasteiger partial charge in [0.25, 0.3) is 0 Å². The lowest BCUT2D eigenvalue weighted by molar-refractivity contribution is 0.614. The molecule has 0 aliphatic rings. The molecule has 0 bridgehead atoms. The van der Waals surface area contributed by atoms with Gasteiger partial charge < -0.3 is 11.1 Å². The van der Waals surface area contributed by atoms with E-state index in [9.17, 15) is 8.42 Å². The van der Waals surface area contributed by atoms with E-state index in [2.05, 4.69) is 17.5 Å². The van der Waals surface area contributed by atoms with E-state index in [-0.39, 0.29) is 0 Å². The highest BCUT2D eigenvalue weighted by Gasteiger charge is 2.01. The Bertz CT molecular complexity index is 300. The summed E-state index contributed by atoms with van der Waals surface area (Å²) in [5.41, 5.74) is 4.91. The van der Waals surface area contributed by atoms with Crippen LogP contribution in [-0.2, 0) is 9.84 Å². The number of thiocarbonyl (C=S) groups is 1. The van der Waals surface area contributed by atoms with Crippen molar-refractivity contribution in [1.82, 2.24) is 5.32 Å². The van der Waals surface area contributed by atoms with Gasteiger partial charge in [-0.3, -0.25) is 0 Å². The molecular weight excluding hydrogens is 200 g/mol. The van der Waals surface area contributed by atoms with Crippen molar-refractivity contribution in [3.05, 3.63) is 0 Å². The Morgan fingerprint density at radius 1 is 1.50 bits per heavy atom. The Labute approximate surface area is 75.5 Å². The van der Waals surface area contributed by atoms with Gasteiger partial charge in [-0.25, -0.2) is 0 Å². The lowest BCUT2D eigenvalue weighted by atomic mass is 11.1. The van der Waals surface area contributed by atoms with Crippen LogP contribution in [0, 0.1) is 21.3 Å². The lowest BCUT2D eigenvalue weighted by Gasteiger charge is -1.85.